The molecule has 0 bridgehead atoms. The zero-order chi connectivity index (χ0) is 30.6. The lowest BCUT2D eigenvalue weighted by Gasteiger charge is -2.41. The molecule has 1 aromatic carbocycles. The van der Waals surface area contributed by atoms with Crippen LogP contribution < -0.4 is 14.5 Å². The van der Waals surface area contributed by atoms with Crippen LogP contribution in [0.4, 0.5) is 15.9 Å². The number of benzene rings is 1. The number of hydrogen-bond acceptors (Lipinski definition) is 8. The number of aryl methyl sites for hydroxylation is 1. The summed E-state index contributed by atoms with van der Waals surface area (Å²) < 4.78 is 24.8. The van der Waals surface area contributed by atoms with Crippen LogP contribution in [0.5, 0.6) is 6.01 Å². The fourth-order valence-corrected chi connectivity index (χ4v) is 6.17. The van der Waals surface area contributed by atoms with Gasteiger partial charge in [-0.2, -0.15) is 9.97 Å². The van der Waals surface area contributed by atoms with Crippen molar-refractivity contribution in [3.8, 4) is 6.01 Å². The van der Waals surface area contributed by atoms with Gasteiger partial charge in [-0.05, 0) is 44.7 Å². The van der Waals surface area contributed by atoms with E-state index in [-0.39, 0.29) is 24.6 Å². The highest BCUT2D eigenvalue weighted by Gasteiger charge is 2.35. The average Bonchev–Trinajstić information content (AvgIpc) is 3.86. The molecule has 2 atom stereocenters. The van der Waals surface area contributed by atoms with Crippen LogP contribution in [0.3, 0.4) is 0 Å². The first kappa shape index (κ1) is 29.8. The number of amides is 1. The normalized spacial score (nSPS) is 19.2. The third-order valence-corrected chi connectivity index (χ3v) is 8.45. The monoisotopic (exact) mass is 599 g/mol. The minimum Gasteiger partial charge on any atom is -0.461 e. The number of aromatic nitrogens is 3. The average molecular weight is 600 g/mol. The molecule has 0 spiro atoms. The van der Waals surface area contributed by atoms with E-state index in [0.717, 1.165) is 54.0 Å². The molecule has 0 N–H and O–H groups in total. The molecule has 4 heterocycles. The molecular weight excluding hydrogens is 561 g/mol. The van der Waals surface area contributed by atoms with Crippen molar-refractivity contribution in [2.45, 2.75) is 57.9 Å². The number of carbonyl (C=O) groups is 1. The van der Waals surface area contributed by atoms with Crippen LogP contribution >= 0.6 is 0 Å². The predicted molar refractivity (Wildman–Crippen MR) is 167 cm³/mol. The lowest BCUT2D eigenvalue weighted by atomic mass is 10.0. The van der Waals surface area contributed by atoms with E-state index in [9.17, 15) is 9.18 Å². The lowest BCUT2D eigenvalue weighted by molar-refractivity contribution is -0.128. The lowest BCUT2D eigenvalue weighted by Crippen LogP contribution is -2.56. The van der Waals surface area contributed by atoms with Gasteiger partial charge in [-0.3, -0.25) is 9.78 Å². The standard InChI is InChI=1S/C33H38FN7O3/c1-22-6-4-7-24-16-36-18-29(31(22)24)39-13-11-27-28(20-39)37-33(43-21-23(2)44-26-9-10-26)38-32(27)40-14-15-41(25(19-40)17-35-3)30(42)8-5-12-34/h4-8,16,18,23,25-26H,9-15,17,19-21H2,1-2H3/b8-5+/t23-,25-/m0/s1. The van der Waals surface area contributed by atoms with Crippen molar-refractivity contribution in [3.05, 3.63) is 71.0 Å². The van der Waals surface area contributed by atoms with E-state index in [0.29, 0.717) is 44.9 Å². The molecular formula is C33H38FN7O3. The predicted octanol–water partition coefficient (Wildman–Crippen LogP) is 4.30. The second kappa shape index (κ2) is 13.1. The maximum Gasteiger partial charge on any atom is 0.318 e. The van der Waals surface area contributed by atoms with E-state index in [1.165, 1.54) is 23.1 Å². The number of piperazine rings is 1. The first-order valence-corrected chi connectivity index (χ1v) is 15.3. The summed E-state index contributed by atoms with van der Waals surface area (Å²) in [6.07, 6.45) is 9.44. The van der Waals surface area contributed by atoms with Gasteiger partial charge in [0, 0.05) is 54.8 Å². The maximum atomic E-state index is 12.8. The zero-order valence-corrected chi connectivity index (χ0v) is 25.3. The van der Waals surface area contributed by atoms with Gasteiger partial charge in [0.05, 0.1) is 36.3 Å². The first-order chi connectivity index (χ1) is 21.4. The Kier molecular flexibility index (Phi) is 8.89. The number of hydrogen-bond donors (Lipinski definition) is 0. The van der Waals surface area contributed by atoms with Gasteiger partial charge >= 0.3 is 6.01 Å². The number of ether oxygens (including phenoxy) is 2. The maximum absolute atomic E-state index is 12.8. The second-order valence-corrected chi connectivity index (χ2v) is 11.7. The number of pyridine rings is 1. The fraction of sp³-hybridized carbons (Fsp3) is 0.485. The topological polar surface area (TPSA) is 88.3 Å². The van der Waals surface area contributed by atoms with Crippen molar-refractivity contribution in [1.29, 1.82) is 0 Å². The minimum absolute atomic E-state index is 0.0817. The van der Waals surface area contributed by atoms with Gasteiger partial charge in [0.15, 0.2) is 0 Å². The summed E-state index contributed by atoms with van der Waals surface area (Å²) in [5.41, 5.74) is 4.22. The number of halogens is 1. The molecule has 10 nitrogen and oxygen atoms in total. The van der Waals surface area contributed by atoms with E-state index in [2.05, 4.69) is 44.8 Å². The van der Waals surface area contributed by atoms with Gasteiger partial charge < -0.3 is 29.0 Å². The van der Waals surface area contributed by atoms with Crippen molar-refractivity contribution in [1.82, 2.24) is 19.9 Å². The molecule has 2 aliphatic heterocycles. The Labute approximate surface area is 257 Å². The Morgan fingerprint density at radius 1 is 1.20 bits per heavy atom. The van der Waals surface area contributed by atoms with Crippen LogP contribution in [0.1, 0.15) is 36.6 Å². The van der Waals surface area contributed by atoms with Gasteiger partial charge in [0.2, 0.25) is 12.5 Å². The Bertz CT molecular complexity index is 1580. The molecule has 2 aromatic heterocycles. The second-order valence-electron chi connectivity index (χ2n) is 11.7. The van der Waals surface area contributed by atoms with Crippen molar-refractivity contribution in [2.24, 2.45) is 0 Å². The van der Waals surface area contributed by atoms with Gasteiger partial charge in [-0.15, -0.1) is 0 Å². The minimum atomic E-state index is -0.704. The molecule has 1 saturated carbocycles. The third kappa shape index (κ3) is 6.45. The summed E-state index contributed by atoms with van der Waals surface area (Å²) in [6, 6.07) is 6.22. The van der Waals surface area contributed by atoms with E-state index in [1.54, 1.807) is 4.90 Å². The molecule has 1 amide bonds. The Morgan fingerprint density at radius 3 is 2.86 bits per heavy atom. The summed E-state index contributed by atoms with van der Waals surface area (Å²) in [5, 5.41) is 2.29. The van der Waals surface area contributed by atoms with Crippen molar-refractivity contribution in [2.75, 3.05) is 55.8 Å². The molecule has 0 radical (unpaired) electrons. The molecule has 44 heavy (non-hydrogen) atoms. The highest BCUT2D eigenvalue weighted by molar-refractivity contribution is 5.96. The molecule has 3 aromatic rings. The van der Waals surface area contributed by atoms with Gasteiger partial charge in [0.25, 0.3) is 0 Å². The van der Waals surface area contributed by atoms with Gasteiger partial charge in [-0.1, -0.05) is 18.2 Å². The van der Waals surface area contributed by atoms with Crippen LogP contribution in [-0.2, 0) is 22.5 Å². The zero-order valence-electron chi connectivity index (χ0n) is 25.3. The molecule has 1 saturated heterocycles. The van der Waals surface area contributed by atoms with Crippen LogP contribution in [0.25, 0.3) is 15.6 Å². The molecule has 11 heteroatoms. The van der Waals surface area contributed by atoms with Crippen LogP contribution in [0.2, 0.25) is 0 Å². The fourth-order valence-electron chi connectivity index (χ4n) is 6.17. The molecule has 3 aliphatic rings. The van der Waals surface area contributed by atoms with E-state index < -0.39 is 6.67 Å². The molecule has 0 unspecified atom stereocenters. The van der Waals surface area contributed by atoms with Crippen LogP contribution in [-0.4, -0.2) is 90.0 Å². The summed E-state index contributed by atoms with van der Waals surface area (Å²) in [6.45, 7) is 14.1. The third-order valence-electron chi connectivity index (χ3n) is 8.45. The first-order valence-electron chi connectivity index (χ1n) is 15.3. The number of anilines is 2. The van der Waals surface area contributed by atoms with Gasteiger partial charge in [0.1, 0.15) is 25.1 Å². The number of allylic oxidation sites excluding steroid dienone is 1. The summed E-state index contributed by atoms with van der Waals surface area (Å²) in [4.78, 5) is 36.9. The number of fused-ring (bicyclic) bond motifs is 2. The summed E-state index contributed by atoms with van der Waals surface area (Å²) in [5.74, 6) is 0.512. The summed E-state index contributed by atoms with van der Waals surface area (Å²) >= 11 is 0. The van der Waals surface area contributed by atoms with Gasteiger partial charge in [-0.25, -0.2) is 11.0 Å². The molecule has 2 fully saturated rings. The number of nitrogens with zero attached hydrogens (tertiary/aromatic N) is 7. The Hall–Kier alpha value is -4.30. The Morgan fingerprint density at radius 2 is 2.07 bits per heavy atom. The van der Waals surface area contributed by atoms with E-state index >= 15 is 0 Å². The quantitative estimate of drug-likeness (QED) is 0.252. The smallest absolute Gasteiger partial charge is 0.318 e. The van der Waals surface area contributed by atoms with Crippen molar-refractivity contribution in [3.63, 3.8) is 0 Å². The molecule has 230 valence electrons. The SMILES string of the molecule is [C-]#[N+]C[C@H]1CN(c2nc(OC[C@H](C)OC3CC3)nc3c2CCN(c2cncc4cccc(C)c24)C3)CCN1C(=O)/C=C/CF. The van der Waals surface area contributed by atoms with Crippen LogP contribution in [0.15, 0.2) is 42.7 Å². The highest BCUT2D eigenvalue weighted by Crippen LogP contribution is 2.35. The largest absolute Gasteiger partial charge is 0.461 e. The molecule has 1 aliphatic carbocycles. The van der Waals surface area contributed by atoms with Crippen molar-refractivity contribution >= 4 is 28.2 Å². The summed E-state index contributed by atoms with van der Waals surface area (Å²) in [7, 11) is 0. The highest BCUT2D eigenvalue weighted by atomic mass is 19.1. The van der Waals surface area contributed by atoms with E-state index in [4.69, 9.17) is 26.0 Å². The Balaban J connectivity index is 1.31. The number of carbonyl (C=O) groups excluding carboxylic acids is 1. The van der Waals surface area contributed by atoms with E-state index in [1.807, 2.05) is 19.3 Å². The van der Waals surface area contributed by atoms with Crippen molar-refractivity contribution < 1.29 is 18.7 Å². The number of alkyl halides is 1. The molecule has 6 rings (SSSR count). The van der Waals surface area contributed by atoms with Crippen LogP contribution in [0, 0.1) is 13.5 Å². The number of rotatable bonds is 10.